The summed E-state index contributed by atoms with van der Waals surface area (Å²) in [6.07, 6.45) is 6.07. The van der Waals surface area contributed by atoms with Gasteiger partial charge < -0.3 is 5.32 Å². The molecule has 1 saturated carbocycles. The summed E-state index contributed by atoms with van der Waals surface area (Å²) in [6.45, 7) is 0. The van der Waals surface area contributed by atoms with Gasteiger partial charge in [0.25, 0.3) is 5.91 Å². The highest BCUT2D eigenvalue weighted by Gasteiger charge is 2.41. The number of aromatic nitrogens is 1. The van der Waals surface area contributed by atoms with Gasteiger partial charge in [-0.1, -0.05) is 12.1 Å². The predicted octanol–water partition coefficient (Wildman–Crippen LogP) is 2.34. The van der Waals surface area contributed by atoms with Crippen LogP contribution in [-0.4, -0.2) is 23.0 Å². The Morgan fingerprint density at radius 3 is 2.76 bits per heavy atom. The summed E-state index contributed by atoms with van der Waals surface area (Å²) in [5.74, 6) is 0.0590. The van der Waals surface area contributed by atoms with Crippen molar-refractivity contribution in [2.24, 2.45) is 5.92 Å². The maximum atomic E-state index is 13.2. The summed E-state index contributed by atoms with van der Waals surface area (Å²) in [5.41, 5.74) is 8.36. The van der Waals surface area contributed by atoms with Crippen molar-refractivity contribution in [2.75, 3.05) is 0 Å². The van der Waals surface area contributed by atoms with Crippen LogP contribution >= 0.6 is 0 Å². The summed E-state index contributed by atoms with van der Waals surface area (Å²) in [6, 6.07) is 10.8. The molecular weight excluding hydrogens is 319 g/mol. The molecule has 2 heterocycles. The van der Waals surface area contributed by atoms with Crippen LogP contribution in [0.15, 0.2) is 48.8 Å². The van der Waals surface area contributed by atoms with E-state index in [0.717, 1.165) is 24.8 Å². The lowest BCUT2D eigenvalue weighted by atomic mass is 9.77. The van der Waals surface area contributed by atoms with E-state index in [4.69, 9.17) is 0 Å². The van der Waals surface area contributed by atoms with E-state index in [9.17, 15) is 9.18 Å². The van der Waals surface area contributed by atoms with Gasteiger partial charge in [0.2, 0.25) is 0 Å². The fourth-order valence-electron chi connectivity index (χ4n) is 3.95. The lowest BCUT2D eigenvalue weighted by molar-refractivity contribution is 0.0915. The van der Waals surface area contributed by atoms with Crippen LogP contribution in [0.4, 0.5) is 4.39 Å². The van der Waals surface area contributed by atoms with Crippen molar-refractivity contribution in [2.45, 2.75) is 37.4 Å². The highest BCUT2D eigenvalue weighted by atomic mass is 19.1. The number of amides is 1. The monoisotopic (exact) mass is 340 g/mol. The molecular formula is C19H21FN4O. The number of rotatable bonds is 3. The van der Waals surface area contributed by atoms with E-state index in [2.05, 4.69) is 21.2 Å². The fourth-order valence-corrected chi connectivity index (χ4v) is 3.95. The van der Waals surface area contributed by atoms with Gasteiger partial charge in [0.15, 0.2) is 0 Å². The van der Waals surface area contributed by atoms with Crippen molar-refractivity contribution in [3.63, 3.8) is 0 Å². The first-order valence-corrected chi connectivity index (χ1v) is 8.68. The molecule has 2 aliphatic rings. The summed E-state index contributed by atoms with van der Waals surface area (Å²) >= 11 is 0. The summed E-state index contributed by atoms with van der Waals surface area (Å²) < 4.78 is 13.2. The maximum absolute atomic E-state index is 13.2. The van der Waals surface area contributed by atoms with Gasteiger partial charge in [0, 0.05) is 24.5 Å². The first-order valence-electron chi connectivity index (χ1n) is 8.68. The third-order valence-electron chi connectivity index (χ3n) is 5.24. The van der Waals surface area contributed by atoms with Crippen molar-refractivity contribution >= 4 is 5.91 Å². The third-order valence-corrected chi connectivity index (χ3v) is 5.24. The van der Waals surface area contributed by atoms with Crippen molar-refractivity contribution < 1.29 is 9.18 Å². The fraction of sp³-hybridized carbons (Fsp3) is 0.368. The minimum Gasteiger partial charge on any atom is -0.349 e. The highest BCUT2D eigenvalue weighted by Crippen LogP contribution is 2.38. The number of nitrogens with one attached hydrogen (secondary N) is 3. The molecule has 1 aliphatic heterocycles. The van der Waals surface area contributed by atoms with E-state index in [-0.39, 0.29) is 23.8 Å². The van der Waals surface area contributed by atoms with Crippen LogP contribution in [0.2, 0.25) is 0 Å². The zero-order valence-corrected chi connectivity index (χ0v) is 13.8. The Kier molecular flexibility index (Phi) is 4.46. The number of carbonyl (C=O) groups excluding carboxylic acids is 1. The number of fused-ring (bicyclic) bond motifs is 1. The summed E-state index contributed by atoms with van der Waals surface area (Å²) in [7, 11) is 0. The molecule has 0 spiro atoms. The molecule has 6 heteroatoms. The van der Waals surface area contributed by atoms with Gasteiger partial charge in [-0.15, -0.1) is 0 Å². The minimum absolute atomic E-state index is 0.0752. The zero-order valence-electron chi connectivity index (χ0n) is 13.8. The maximum Gasteiger partial charge on any atom is 0.253 e. The van der Waals surface area contributed by atoms with Crippen molar-refractivity contribution in [1.29, 1.82) is 0 Å². The van der Waals surface area contributed by atoms with Crippen molar-refractivity contribution in [3.8, 4) is 0 Å². The number of nitrogens with zero attached hydrogens (tertiary/aromatic N) is 1. The van der Waals surface area contributed by atoms with Crippen LogP contribution in [0, 0.1) is 11.7 Å². The number of pyridine rings is 1. The molecule has 1 aromatic heterocycles. The quantitative estimate of drug-likeness (QED) is 0.802. The molecule has 25 heavy (non-hydrogen) atoms. The van der Waals surface area contributed by atoms with E-state index < -0.39 is 0 Å². The van der Waals surface area contributed by atoms with E-state index >= 15 is 0 Å². The number of hydrogen-bond donors (Lipinski definition) is 3. The van der Waals surface area contributed by atoms with Gasteiger partial charge in [0.1, 0.15) is 5.82 Å². The molecule has 2 fully saturated rings. The topological polar surface area (TPSA) is 66.1 Å². The van der Waals surface area contributed by atoms with Gasteiger partial charge in [-0.05, 0) is 55.0 Å². The standard InChI is InChI=1S/C19H21FN4O/c20-14-5-3-12(4-6-14)18-16-10-15(7-8-17(16)23-24-18)22-19(25)13-2-1-9-21-11-13/h1-6,9,11,15-18,23-24H,7-8,10H2,(H,22,25). The predicted molar refractivity (Wildman–Crippen MR) is 92.0 cm³/mol. The first-order chi connectivity index (χ1) is 12.2. The molecule has 1 aliphatic carbocycles. The molecule has 1 aromatic carbocycles. The first kappa shape index (κ1) is 16.2. The Morgan fingerprint density at radius 1 is 1.16 bits per heavy atom. The minimum atomic E-state index is -0.225. The van der Waals surface area contributed by atoms with Crippen LogP contribution < -0.4 is 16.2 Å². The van der Waals surface area contributed by atoms with Crippen molar-refractivity contribution in [3.05, 3.63) is 65.7 Å². The molecule has 1 amide bonds. The van der Waals surface area contributed by atoms with Crippen LogP contribution in [0.25, 0.3) is 0 Å². The number of halogens is 1. The molecule has 5 nitrogen and oxygen atoms in total. The number of hydrazine groups is 1. The van der Waals surface area contributed by atoms with Crippen molar-refractivity contribution in [1.82, 2.24) is 21.2 Å². The van der Waals surface area contributed by atoms with E-state index in [1.165, 1.54) is 12.1 Å². The van der Waals surface area contributed by atoms with E-state index in [1.54, 1.807) is 24.5 Å². The second-order valence-electron chi connectivity index (χ2n) is 6.81. The Hall–Kier alpha value is -2.31. The van der Waals surface area contributed by atoms with Crippen LogP contribution in [0.3, 0.4) is 0 Å². The van der Waals surface area contributed by atoms with Gasteiger partial charge in [-0.3, -0.25) is 15.2 Å². The van der Waals surface area contributed by atoms with Gasteiger partial charge in [-0.25, -0.2) is 9.82 Å². The SMILES string of the molecule is O=C(NC1CCC2NNC(c3ccc(F)cc3)C2C1)c1cccnc1. The molecule has 130 valence electrons. The van der Waals surface area contributed by atoms with Gasteiger partial charge in [0.05, 0.1) is 11.6 Å². The second-order valence-corrected chi connectivity index (χ2v) is 6.81. The Labute approximate surface area is 146 Å². The van der Waals surface area contributed by atoms with Gasteiger partial charge >= 0.3 is 0 Å². The lowest BCUT2D eigenvalue weighted by Gasteiger charge is -2.33. The summed E-state index contributed by atoms with van der Waals surface area (Å²) in [5, 5.41) is 3.13. The number of hydrogen-bond acceptors (Lipinski definition) is 4. The third kappa shape index (κ3) is 3.41. The summed E-state index contributed by atoms with van der Waals surface area (Å²) in [4.78, 5) is 16.4. The average molecular weight is 340 g/mol. The Bertz CT molecular complexity index is 737. The average Bonchev–Trinajstić information content (AvgIpc) is 3.06. The van der Waals surface area contributed by atoms with Crippen LogP contribution in [-0.2, 0) is 0 Å². The highest BCUT2D eigenvalue weighted by molar-refractivity contribution is 5.94. The number of benzene rings is 1. The number of carbonyl (C=O) groups is 1. The molecule has 3 N–H and O–H groups in total. The largest absolute Gasteiger partial charge is 0.349 e. The molecule has 0 radical (unpaired) electrons. The Balaban J connectivity index is 1.44. The molecule has 4 unspecified atom stereocenters. The second kappa shape index (κ2) is 6.90. The molecule has 4 rings (SSSR count). The zero-order chi connectivity index (χ0) is 17.2. The van der Waals surface area contributed by atoms with E-state index in [0.29, 0.717) is 17.5 Å². The molecule has 4 atom stereocenters. The van der Waals surface area contributed by atoms with Gasteiger partial charge in [-0.2, -0.15) is 0 Å². The van der Waals surface area contributed by atoms with E-state index in [1.807, 2.05) is 12.1 Å². The Morgan fingerprint density at radius 2 is 2.00 bits per heavy atom. The normalized spacial score (nSPS) is 28.4. The van der Waals surface area contributed by atoms with Crippen LogP contribution in [0.1, 0.15) is 41.2 Å². The lowest BCUT2D eigenvalue weighted by Crippen LogP contribution is -2.44. The smallest absolute Gasteiger partial charge is 0.253 e. The van der Waals surface area contributed by atoms with Crippen LogP contribution in [0.5, 0.6) is 0 Å². The molecule has 2 aromatic rings. The molecule has 0 bridgehead atoms. The molecule has 1 saturated heterocycles.